The predicted octanol–water partition coefficient (Wildman–Crippen LogP) is 14.3. The van der Waals surface area contributed by atoms with Crippen molar-refractivity contribution in [3.63, 3.8) is 0 Å². The standard InChI is InChI=1S/C59H44N6/c1-37-21-25-41(26-22-37)55-60-53(39-13-7-5-8-14-39)62-57(64-55)47-19-11-17-43(33-47)45-29-31-51-49(35-45)50-36-46(30-32-52(50)59(51,3)4)44-18-12-20-48(34-44)58-63-54(40-15-9-6-10-16-40)61-56(65-58)42-27-23-38(2)24-28-42/h5-36H,1-4H3. The summed E-state index contributed by atoms with van der Waals surface area (Å²) >= 11 is 0. The number of aromatic nitrogens is 6. The lowest BCUT2D eigenvalue weighted by Gasteiger charge is -2.21. The van der Waals surface area contributed by atoms with E-state index in [9.17, 15) is 0 Å². The third kappa shape index (κ3) is 7.59. The third-order valence-electron chi connectivity index (χ3n) is 12.5. The molecule has 0 aliphatic heterocycles. The van der Waals surface area contributed by atoms with Gasteiger partial charge in [-0.1, -0.05) is 195 Å². The second-order valence-corrected chi connectivity index (χ2v) is 17.4. The molecule has 1 aliphatic rings. The van der Waals surface area contributed by atoms with E-state index in [1.807, 2.05) is 60.7 Å². The van der Waals surface area contributed by atoms with Crippen LogP contribution in [0.15, 0.2) is 194 Å². The van der Waals surface area contributed by atoms with E-state index in [2.05, 4.69) is 161 Å². The number of nitrogens with zero attached hydrogens (tertiary/aromatic N) is 6. The molecule has 1 aliphatic carbocycles. The molecule has 0 unspecified atom stereocenters. The Morgan fingerprint density at radius 2 is 0.538 bits per heavy atom. The highest BCUT2D eigenvalue weighted by Gasteiger charge is 2.35. The van der Waals surface area contributed by atoms with E-state index in [1.54, 1.807) is 0 Å². The lowest BCUT2D eigenvalue weighted by atomic mass is 9.82. The Morgan fingerprint density at radius 1 is 0.262 bits per heavy atom. The fourth-order valence-corrected chi connectivity index (χ4v) is 8.91. The minimum absolute atomic E-state index is 0.165. The molecule has 0 bridgehead atoms. The van der Waals surface area contributed by atoms with Crippen LogP contribution < -0.4 is 0 Å². The van der Waals surface area contributed by atoms with Crippen LogP contribution in [0.25, 0.3) is 102 Å². The van der Waals surface area contributed by atoms with Gasteiger partial charge in [0.05, 0.1) is 0 Å². The summed E-state index contributed by atoms with van der Waals surface area (Å²) < 4.78 is 0. The van der Waals surface area contributed by atoms with Crippen LogP contribution in [0.3, 0.4) is 0 Å². The van der Waals surface area contributed by atoms with Crippen LogP contribution in [0.4, 0.5) is 0 Å². The summed E-state index contributed by atoms with van der Waals surface area (Å²) in [6.07, 6.45) is 0. The number of fused-ring (bicyclic) bond motifs is 3. The van der Waals surface area contributed by atoms with Crippen LogP contribution in [-0.4, -0.2) is 29.9 Å². The van der Waals surface area contributed by atoms with E-state index < -0.39 is 0 Å². The lowest BCUT2D eigenvalue weighted by molar-refractivity contribution is 0.660. The molecule has 0 radical (unpaired) electrons. The first kappa shape index (κ1) is 39.6. The SMILES string of the molecule is Cc1ccc(-c2nc(-c3ccccc3)nc(-c3cccc(-c4ccc5c(c4)-c4cc(-c6cccc(-c7nc(-c8ccccc8)nc(-c8ccc(C)cc8)n7)c6)ccc4C5(C)C)c3)n2)cc1. The number of hydrogen-bond acceptors (Lipinski definition) is 6. The molecule has 8 aromatic carbocycles. The monoisotopic (exact) mass is 836 g/mol. The number of rotatable bonds is 8. The molecule has 0 amide bonds. The molecule has 11 rings (SSSR count). The second-order valence-electron chi connectivity index (χ2n) is 17.4. The first-order valence-electron chi connectivity index (χ1n) is 22.0. The van der Waals surface area contributed by atoms with E-state index >= 15 is 0 Å². The van der Waals surface area contributed by atoms with Gasteiger partial charge in [0.1, 0.15) is 0 Å². The van der Waals surface area contributed by atoms with Crippen molar-refractivity contribution in [2.75, 3.05) is 0 Å². The van der Waals surface area contributed by atoms with E-state index in [1.165, 1.54) is 33.4 Å². The van der Waals surface area contributed by atoms with Crippen LogP contribution in [0.1, 0.15) is 36.1 Å². The molecular weight excluding hydrogens is 793 g/mol. The molecule has 6 heteroatoms. The van der Waals surface area contributed by atoms with Crippen molar-refractivity contribution in [2.45, 2.75) is 33.1 Å². The van der Waals surface area contributed by atoms with Gasteiger partial charge in [-0.25, -0.2) is 29.9 Å². The number of hydrogen-bond donors (Lipinski definition) is 0. The molecule has 10 aromatic rings. The maximum atomic E-state index is 5.04. The van der Waals surface area contributed by atoms with E-state index in [0.29, 0.717) is 34.9 Å². The molecule has 0 saturated heterocycles. The molecular formula is C59H44N6. The normalized spacial score (nSPS) is 12.4. The maximum absolute atomic E-state index is 5.04. The number of aryl methyl sites for hydroxylation is 2. The van der Waals surface area contributed by atoms with Crippen LogP contribution in [0.2, 0.25) is 0 Å². The Morgan fingerprint density at radius 3 is 0.908 bits per heavy atom. The van der Waals surface area contributed by atoms with Gasteiger partial charge < -0.3 is 0 Å². The first-order chi connectivity index (χ1) is 31.7. The molecule has 0 spiro atoms. The summed E-state index contributed by atoms with van der Waals surface area (Å²) in [7, 11) is 0. The number of benzene rings is 8. The van der Waals surface area contributed by atoms with Gasteiger partial charge in [-0.15, -0.1) is 0 Å². The molecule has 0 saturated carbocycles. The van der Waals surface area contributed by atoms with Crippen molar-refractivity contribution in [3.8, 4) is 102 Å². The van der Waals surface area contributed by atoms with Gasteiger partial charge in [0.25, 0.3) is 0 Å². The lowest BCUT2D eigenvalue weighted by Crippen LogP contribution is -2.14. The summed E-state index contributed by atoms with van der Waals surface area (Å²) in [6.45, 7) is 8.82. The average Bonchev–Trinajstić information content (AvgIpc) is 3.59. The Hall–Kier alpha value is -8.22. The van der Waals surface area contributed by atoms with Crippen molar-refractivity contribution < 1.29 is 0 Å². The minimum atomic E-state index is -0.165. The molecule has 6 nitrogen and oxygen atoms in total. The molecule has 310 valence electrons. The highest BCUT2D eigenvalue weighted by Crippen LogP contribution is 2.51. The summed E-state index contributed by atoms with van der Waals surface area (Å²) in [5.74, 6) is 3.85. The topological polar surface area (TPSA) is 77.3 Å². The summed E-state index contributed by atoms with van der Waals surface area (Å²) in [4.78, 5) is 30.0. The van der Waals surface area contributed by atoms with Crippen LogP contribution in [-0.2, 0) is 5.41 Å². The van der Waals surface area contributed by atoms with Gasteiger partial charge in [0, 0.05) is 38.8 Å². The Kier molecular flexibility index (Phi) is 9.85. The quantitative estimate of drug-likeness (QED) is 0.152. The highest BCUT2D eigenvalue weighted by molar-refractivity contribution is 5.88. The second kappa shape index (κ2) is 16.2. The summed E-state index contributed by atoms with van der Waals surface area (Å²) in [5.41, 5.74) is 17.4. The predicted molar refractivity (Wildman–Crippen MR) is 264 cm³/mol. The average molecular weight is 837 g/mol. The van der Waals surface area contributed by atoms with Gasteiger partial charge in [-0.2, -0.15) is 0 Å². The Bertz CT molecular complexity index is 3170. The molecule has 2 aromatic heterocycles. The third-order valence-corrected chi connectivity index (χ3v) is 12.5. The zero-order valence-corrected chi connectivity index (χ0v) is 36.7. The van der Waals surface area contributed by atoms with Gasteiger partial charge in [0.15, 0.2) is 34.9 Å². The zero-order chi connectivity index (χ0) is 44.1. The molecule has 65 heavy (non-hydrogen) atoms. The van der Waals surface area contributed by atoms with Gasteiger partial charge >= 0.3 is 0 Å². The fraction of sp³-hybridized carbons (Fsp3) is 0.0847. The van der Waals surface area contributed by atoms with Crippen molar-refractivity contribution in [3.05, 3.63) is 216 Å². The van der Waals surface area contributed by atoms with Gasteiger partial charge in [0.2, 0.25) is 0 Å². The smallest absolute Gasteiger partial charge is 0.164 e. The minimum Gasteiger partial charge on any atom is -0.208 e. The maximum Gasteiger partial charge on any atom is 0.164 e. The largest absolute Gasteiger partial charge is 0.208 e. The van der Waals surface area contributed by atoms with E-state index in [4.69, 9.17) is 29.9 Å². The van der Waals surface area contributed by atoms with E-state index in [-0.39, 0.29) is 5.41 Å². The fourth-order valence-electron chi connectivity index (χ4n) is 8.91. The van der Waals surface area contributed by atoms with Crippen molar-refractivity contribution in [1.82, 2.24) is 29.9 Å². The van der Waals surface area contributed by atoms with Crippen LogP contribution in [0, 0.1) is 13.8 Å². The van der Waals surface area contributed by atoms with Crippen molar-refractivity contribution >= 4 is 0 Å². The van der Waals surface area contributed by atoms with Gasteiger partial charge in [-0.05, 0) is 82.6 Å². The first-order valence-corrected chi connectivity index (χ1v) is 22.0. The van der Waals surface area contributed by atoms with Crippen molar-refractivity contribution in [2.24, 2.45) is 0 Å². The highest BCUT2D eigenvalue weighted by atomic mass is 15.0. The van der Waals surface area contributed by atoms with Gasteiger partial charge in [-0.3, -0.25) is 0 Å². The Labute approximate surface area is 379 Å². The summed E-state index contributed by atoms with van der Waals surface area (Å²) in [5, 5.41) is 0. The molecule has 0 N–H and O–H groups in total. The molecule has 0 fully saturated rings. The Balaban J connectivity index is 0.962. The summed E-state index contributed by atoms with van der Waals surface area (Å²) in [6, 6.07) is 67.8. The molecule has 2 heterocycles. The van der Waals surface area contributed by atoms with Crippen molar-refractivity contribution in [1.29, 1.82) is 0 Å². The van der Waals surface area contributed by atoms with E-state index in [0.717, 1.165) is 55.6 Å². The molecule has 0 atom stereocenters. The van der Waals surface area contributed by atoms with Crippen LogP contribution in [0.5, 0.6) is 0 Å². The zero-order valence-electron chi connectivity index (χ0n) is 36.7. The van der Waals surface area contributed by atoms with Crippen LogP contribution >= 0.6 is 0 Å².